The van der Waals surface area contributed by atoms with Gasteiger partial charge in [-0.2, -0.15) is 0 Å². The van der Waals surface area contributed by atoms with Gasteiger partial charge in [-0.15, -0.1) is 0 Å². The first kappa shape index (κ1) is 15.2. The summed E-state index contributed by atoms with van der Waals surface area (Å²) in [6.45, 7) is 6.00. The summed E-state index contributed by atoms with van der Waals surface area (Å²) in [6, 6.07) is 10.9. The number of carbonyl (C=O) groups is 1. The molecular formula is C17H22N2O2. The Balaban J connectivity index is 2.27. The van der Waals surface area contributed by atoms with Crippen molar-refractivity contribution in [1.82, 2.24) is 9.47 Å². The van der Waals surface area contributed by atoms with Gasteiger partial charge in [0, 0.05) is 24.8 Å². The zero-order valence-corrected chi connectivity index (χ0v) is 12.9. The average Bonchev–Trinajstić information content (AvgIpc) is 2.95. The molecule has 0 aliphatic rings. The normalized spacial score (nSPS) is 12.4. The van der Waals surface area contributed by atoms with Crippen LogP contribution in [0.2, 0.25) is 0 Å². The number of carbonyl (C=O) groups excluding carboxylic acids is 1. The van der Waals surface area contributed by atoms with Crippen LogP contribution in [0.25, 0.3) is 0 Å². The molecule has 1 amide bonds. The van der Waals surface area contributed by atoms with Gasteiger partial charge in [0.25, 0.3) is 5.91 Å². The van der Waals surface area contributed by atoms with Crippen LogP contribution in [0.4, 0.5) is 0 Å². The van der Waals surface area contributed by atoms with Gasteiger partial charge in [0.2, 0.25) is 0 Å². The van der Waals surface area contributed by atoms with Crippen molar-refractivity contribution in [3.8, 4) is 5.75 Å². The summed E-state index contributed by atoms with van der Waals surface area (Å²) < 4.78 is 1.95. The van der Waals surface area contributed by atoms with E-state index < -0.39 is 0 Å². The molecule has 1 aromatic heterocycles. The molecule has 0 radical (unpaired) electrons. The van der Waals surface area contributed by atoms with Gasteiger partial charge in [-0.05, 0) is 39.0 Å². The van der Waals surface area contributed by atoms with Gasteiger partial charge >= 0.3 is 0 Å². The lowest BCUT2D eigenvalue weighted by molar-refractivity contribution is 0.0728. The zero-order chi connectivity index (χ0) is 15.6. The van der Waals surface area contributed by atoms with E-state index in [9.17, 15) is 9.90 Å². The third-order valence-corrected chi connectivity index (χ3v) is 3.84. The van der Waals surface area contributed by atoms with Crippen molar-refractivity contribution in [2.75, 3.05) is 7.05 Å². The van der Waals surface area contributed by atoms with E-state index in [4.69, 9.17) is 0 Å². The van der Waals surface area contributed by atoms with Gasteiger partial charge in [0.15, 0.2) is 0 Å². The number of phenolic OH excluding ortho intramolecular Hbond substituents is 1. The number of hydrogen-bond donors (Lipinski definition) is 1. The number of nitrogens with zero attached hydrogens (tertiary/aromatic N) is 2. The molecule has 21 heavy (non-hydrogen) atoms. The highest BCUT2D eigenvalue weighted by molar-refractivity contribution is 5.93. The van der Waals surface area contributed by atoms with Gasteiger partial charge in [-0.1, -0.05) is 18.2 Å². The topological polar surface area (TPSA) is 45.5 Å². The SMILES string of the molecule is CC(c1ccccc1O)N(C)C(=O)c1cccn1C(C)C. The highest BCUT2D eigenvalue weighted by Crippen LogP contribution is 2.28. The molecule has 1 N–H and O–H groups in total. The van der Waals surface area contributed by atoms with Crippen LogP contribution < -0.4 is 0 Å². The Morgan fingerprint density at radius 3 is 2.43 bits per heavy atom. The first-order chi connectivity index (χ1) is 9.93. The highest BCUT2D eigenvalue weighted by Gasteiger charge is 2.23. The van der Waals surface area contributed by atoms with E-state index in [0.29, 0.717) is 5.69 Å². The highest BCUT2D eigenvalue weighted by atomic mass is 16.3. The number of aromatic nitrogens is 1. The summed E-state index contributed by atoms with van der Waals surface area (Å²) in [6.07, 6.45) is 1.91. The number of aromatic hydroxyl groups is 1. The molecule has 0 aliphatic carbocycles. The summed E-state index contributed by atoms with van der Waals surface area (Å²) in [5.41, 5.74) is 1.41. The fourth-order valence-electron chi connectivity index (χ4n) is 2.43. The molecule has 1 unspecified atom stereocenters. The number of phenols is 1. The van der Waals surface area contributed by atoms with E-state index in [1.165, 1.54) is 0 Å². The summed E-state index contributed by atoms with van der Waals surface area (Å²) in [7, 11) is 1.76. The maximum absolute atomic E-state index is 12.7. The Kier molecular flexibility index (Phi) is 4.36. The monoisotopic (exact) mass is 286 g/mol. The maximum Gasteiger partial charge on any atom is 0.270 e. The summed E-state index contributed by atoms with van der Waals surface area (Å²) in [5, 5.41) is 9.94. The number of benzene rings is 1. The lowest BCUT2D eigenvalue weighted by Crippen LogP contribution is -2.31. The fourth-order valence-corrected chi connectivity index (χ4v) is 2.43. The predicted molar refractivity (Wildman–Crippen MR) is 83.4 cm³/mol. The fraction of sp³-hybridized carbons (Fsp3) is 0.353. The van der Waals surface area contributed by atoms with Crippen molar-refractivity contribution in [1.29, 1.82) is 0 Å². The molecule has 2 rings (SSSR count). The Morgan fingerprint density at radius 2 is 1.81 bits per heavy atom. The Bertz CT molecular complexity index is 631. The Hall–Kier alpha value is -2.23. The molecule has 4 nitrogen and oxygen atoms in total. The lowest BCUT2D eigenvalue weighted by atomic mass is 10.1. The minimum atomic E-state index is -0.200. The lowest BCUT2D eigenvalue weighted by Gasteiger charge is -2.27. The van der Waals surface area contributed by atoms with Crippen LogP contribution in [-0.2, 0) is 0 Å². The molecule has 1 heterocycles. The van der Waals surface area contributed by atoms with Crippen molar-refractivity contribution >= 4 is 5.91 Å². The van der Waals surface area contributed by atoms with E-state index in [1.807, 2.05) is 55.8 Å². The van der Waals surface area contributed by atoms with E-state index in [1.54, 1.807) is 24.1 Å². The molecule has 1 atom stereocenters. The molecule has 4 heteroatoms. The van der Waals surface area contributed by atoms with Crippen molar-refractivity contribution in [3.05, 3.63) is 53.9 Å². The van der Waals surface area contributed by atoms with Gasteiger partial charge in [-0.25, -0.2) is 0 Å². The van der Waals surface area contributed by atoms with Crippen molar-refractivity contribution < 1.29 is 9.90 Å². The first-order valence-electron chi connectivity index (χ1n) is 7.15. The summed E-state index contributed by atoms with van der Waals surface area (Å²) >= 11 is 0. The van der Waals surface area contributed by atoms with Crippen LogP contribution in [0, 0.1) is 0 Å². The van der Waals surface area contributed by atoms with E-state index in [2.05, 4.69) is 0 Å². The molecule has 0 fully saturated rings. The molecule has 1 aromatic carbocycles. The number of hydrogen-bond acceptors (Lipinski definition) is 2. The van der Waals surface area contributed by atoms with Gasteiger partial charge < -0.3 is 14.6 Å². The van der Waals surface area contributed by atoms with Gasteiger partial charge in [-0.3, -0.25) is 4.79 Å². The van der Waals surface area contributed by atoms with Crippen LogP contribution in [0.3, 0.4) is 0 Å². The standard InChI is InChI=1S/C17H22N2O2/c1-12(2)19-11-7-9-15(19)17(21)18(4)13(3)14-8-5-6-10-16(14)20/h5-13,20H,1-4H3. The van der Waals surface area contributed by atoms with Crippen LogP contribution in [0.15, 0.2) is 42.6 Å². The number of rotatable bonds is 4. The van der Waals surface area contributed by atoms with Crippen LogP contribution in [-0.4, -0.2) is 27.5 Å². The molecule has 0 bridgehead atoms. The third-order valence-electron chi connectivity index (χ3n) is 3.84. The number of para-hydroxylation sites is 1. The second-order valence-corrected chi connectivity index (χ2v) is 5.55. The summed E-state index contributed by atoms with van der Waals surface area (Å²) in [4.78, 5) is 14.3. The molecule has 2 aromatic rings. The van der Waals surface area contributed by atoms with Crippen LogP contribution >= 0.6 is 0 Å². The van der Waals surface area contributed by atoms with Crippen LogP contribution in [0.5, 0.6) is 5.75 Å². The maximum atomic E-state index is 12.7. The minimum Gasteiger partial charge on any atom is -0.508 e. The van der Waals surface area contributed by atoms with Crippen LogP contribution in [0.1, 0.15) is 48.9 Å². The Labute approximate surface area is 125 Å². The van der Waals surface area contributed by atoms with E-state index >= 15 is 0 Å². The van der Waals surface area contributed by atoms with Gasteiger partial charge in [0.1, 0.15) is 11.4 Å². The first-order valence-corrected chi connectivity index (χ1v) is 7.15. The quantitative estimate of drug-likeness (QED) is 0.933. The zero-order valence-electron chi connectivity index (χ0n) is 12.9. The average molecular weight is 286 g/mol. The van der Waals surface area contributed by atoms with Crippen molar-refractivity contribution in [2.45, 2.75) is 32.9 Å². The summed E-state index contributed by atoms with van der Waals surface area (Å²) in [5.74, 6) is 0.161. The molecule has 0 spiro atoms. The Morgan fingerprint density at radius 1 is 1.14 bits per heavy atom. The number of amides is 1. The second kappa shape index (κ2) is 6.04. The van der Waals surface area contributed by atoms with E-state index in [-0.39, 0.29) is 23.7 Å². The van der Waals surface area contributed by atoms with E-state index in [0.717, 1.165) is 5.56 Å². The molecule has 0 saturated heterocycles. The van der Waals surface area contributed by atoms with Crippen molar-refractivity contribution in [3.63, 3.8) is 0 Å². The van der Waals surface area contributed by atoms with Crippen molar-refractivity contribution in [2.24, 2.45) is 0 Å². The smallest absolute Gasteiger partial charge is 0.270 e. The minimum absolute atomic E-state index is 0.0514. The van der Waals surface area contributed by atoms with Gasteiger partial charge in [0.05, 0.1) is 6.04 Å². The molecular weight excluding hydrogens is 264 g/mol. The predicted octanol–water partition coefficient (Wildman–Crippen LogP) is 3.61. The molecule has 112 valence electrons. The second-order valence-electron chi connectivity index (χ2n) is 5.55. The largest absolute Gasteiger partial charge is 0.508 e. The molecule has 0 saturated carbocycles. The molecule has 0 aliphatic heterocycles. The third kappa shape index (κ3) is 2.94.